The average Bonchev–Trinajstić information content (AvgIpc) is 2.71. The van der Waals surface area contributed by atoms with E-state index in [1.165, 1.54) is 0 Å². The van der Waals surface area contributed by atoms with E-state index in [0.717, 1.165) is 28.0 Å². The average molecular weight is 367 g/mol. The SMILES string of the molecule is COc1cc(OC)cc(N2COc3ccc4c(C)c(C)c(=O)oc4c3C2)c1. The standard InChI is InChI=1S/C21H21NO5/c1-12-13(2)21(23)27-20-17(12)5-6-19-18(20)10-22(11-26-19)14-7-15(24-3)9-16(8-14)25-4/h5-9H,10-11H2,1-4H3. The molecule has 3 aromatic rings. The predicted octanol–water partition coefficient (Wildman–Crippen LogP) is 3.78. The van der Waals surface area contributed by atoms with Gasteiger partial charge in [0, 0.05) is 34.8 Å². The highest BCUT2D eigenvalue weighted by molar-refractivity contribution is 5.86. The van der Waals surface area contributed by atoms with Gasteiger partial charge in [-0.3, -0.25) is 0 Å². The van der Waals surface area contributed by atoms with Crippen LogP contribution >= 0.6 is 0 Å². The molecule has 0 fully saturated rings. The van der Waals surface area contributed by atoms with Gasteiger partial charge in [-0.25, -0.2) is 4.79 Å². The number of methoxy groups -OCH3 is 2. The molecule has 2 aromatic carbocycles. The van der Waals surface area contributed by atoms with Crippen LogP contribution in [0.5, 0.6) is 17.2 Å². The Kier molecular flexibility index (Phi) is 4.18. The number of anilines is 1. The summed E-state index contributed by atoms with van der Waals surface area (Å²) in [5.41, 5.74) is 3.60. The van der Waals surface area contributed by atoms with E-state index in [1.54, 1.807) is 21.1 Å². The van der Waals surface area contributed by atoms with Crippen LogP contribution in [0.15, 0.2) is 39.5 Å². The number of hydrogen-bond acceptors (Lipinski definition) is 6. The summed E-state index contributed by atoms with van der Waals surface area (Å²) in [6, 6.07) is 9.56. The van der Waals surface area contributed by atoms with Crippen LogP contribution in [0.1, 0.15) is 16.7 Å². The molecular formula is C21H21NO5. The normalized spacial score (nSPS) is 13.3. The van der Waals surface area contributed by atoms with Crippen molar-refractivity contribution in [1.82, 2.24) is 0 Å². The Bertz CT molecular complexity index is 1060. The summed E-state index contributed by atoms with van der Waals surface area (Å²) in [6.45, 7) is 4.65. The number of aryl methyl sites for hydroxylation is 1. The van der Waals surface area contributed by atoms with Gasteiger partial charge in [-0.1, -0.05) is 0 Å². The molecule has 27 heavy (non-hydrogen) atoms. The Morgan fingerprint density at radius 3 is 2.37 bits per heavy atom. The highest BCUT2D eigenvalue weighted by atomic mass is 16.5. The van der Waals surface area contributed by atoms with Crippen molar-refractivity contribution in [1.29, 1.82) is 0 Å². The zero-order valence-electron chi connectivity index (χ0n) is 15.8. The van der Waals surface area contributed by atoms with Crippen molar-refractivity contribution in [2.45, 2.75) is 20.4 Å². The molecule has 6 nitrogen and oxygen atoms in total. The second-order valence-electron chi connectivity index (χ2n) is 6.60. The molecule has 0 spiro atoms. The van der Waals surface area contributed by atoms with Crippen molar-refractivity contribution in [2.24, 2.45) is 0 Å². The van der Waals surface area contributed by atoms with Gasteiger partial charge >= 0.3 is 5.63 Å². The first-order valence-corrected chi connectivity index (χ1v) is 8.68. The zero-order chi connectivity index (χ0) is 19.1. The van der Waals surface area contributed by atoms with E-state index in [9.17, 15) is 4.79 Å². The van der Waals surface area contributed by atoms with E-state index in [4.69, 9.17) is 18.6 Å². The molecule has 0 N–H and O–H groups in total. The van der Waals surface area contributed by atoms with Gasteiger partial charge in [0.2, 0.25) is 0 Å². The number of hydrogen-bond donors (Lipinski definition) is 0. The predicted molar refractivity (Wildman–Crippen MR) is 103 cm³/mol. The molecule has 0 amide bonds. The molecular weight excluding hydrogens is 346 g/mol. The lowest BCUT2D eigenvalue weighted by molar-refractivity contribution is 0.288. The highest BCUT2D eigenvalue weighted by Crippen LogP contribution is 2.37. The smallest absolute Gasteiger partial charge is 0.339 e. The number of fused-ring (bicyclic) bond motifs is 3. The fraction of sp³-hybridized carbons (Fsp3) is 0.286. The van der Waals surface area contributed by atoms with Crippen LogP contribution in [0.4, 0.5) is 5.69 Å². The lowest BCUT2D eigenvalue weighted by Gasteiger charge is -2.31. The van der Waals surface area contributed by atoms with Crippen LogP contribution in [0.25, 0.3) is 11.0 Å². The number of benzene rings is 2. The zero-order valence-corrected chi connectivity index (χ0v) is 15.8. The molecule has 1 aromatic heterocycles. The highest BCUT2D eigenvalue weighted by Gasteiger charge is 2.23. The van der Waals surface area contributed by atoms with Crippen molar-refractivity contribution in [3.8, 4) is 17.2 Å². The molecule has 0 saturated heterocycles. The molecule has 0 radical (unpaired) electrons. The quantitative estimate of drug-likeness (QED) is 0.657. The Balaban J connectivity index is 1.82. The summed E-state index contributed by atoms with van der Waals surface area (Å²) in [5.74, 6) is 2.14. The molecule has 2 heterocycles. The molecule has 0 unspecified atom stereocenters. The topological polar surface area (TPSA) is 61.1 Å². The van der Waals surface area contributed by atoms with Crippen molar-refractivity contribution < 1.29 is 18.6 Å². The van der Waals surface area contributed by atoms with Crippen LogP contribution in [0.3, 0.4) is 0 Å². The van der Waals surface area contributed by atoms with E-state index in [0.29, 0.717) is 35.9 Å². The summed E-state index contributed by atoms with van der Waals surface area (Å²) >= 11 is 0. The Morgan fingerprint density at radius 2 is 1.70 bits per heavy atom. The molecule has 0 saturated carbocycles. The van der Waals surface area contributed by atoms with Crippen molar-refractivity contribution in [3.05, 3.63) is 57.4 Å². The molecule has 6 heteroatoms. The Labute approximate surface area is 156 Å². The van der Waals surface area contributed by atoms with Crippen molar-refractivity contribution in [3.63, 3.8) is 0 Å². The molecule has 140 valence electrons. The lowest BCUT2D eigenvalue weighted by atomic mass is 10.0. The Morgan fingerprint density at radius 1 is 1.00 bits per heavy atom. The third kappa shape index (κ3) is 2.87. The van der Waals surface area contributed by atoms with Crippen molar-refractivity contribution >= 4 is 16.7 Å². The molecule has 0 atom stereocenters. The summed E-state index contributed by atoms with van der Waals surface area (Å²) < 4.78 is 22.3. The monoisotopic (exact) mass is 367 g/mol. The first kappa shape index (κ1) is 17.3. The van der Waals surface area contributed by atoms with Crippen LogP contribution < -0.4 is 24.7 Å². The van der Waals surface area contributed by atoms with E-state index < -0.39 is 0 Å². The molecule has 4 rings (SSSR count). The first-order chi connectivity index (χ1) is 13.0. The van der Waals surface area contributed by atoms with Gasteiger partial charge in [0.25, 0.3) is 0 Å². The van der Waals surface area contributed by atoms with E-state index in [-0.39, 0.29) is 5.63 Å². The molecule has 1 aliphatic rings. The van der Waals surface area contributed by atoms with Crippen LogP contribution in [-0.4, -0.2) is 21.0 Å². The van der Waals surface area contributed by atoms with Gasteiger partial charge in [0.05, 0.1) is 26.3 Å². The summed E-state index contributed by atoms with van der Waals surface area (Å²) in [7, 11) is 3.24. The van der Waals surface area contributed by atoms with E-state index >= 15 is 0 Å². The van der Waals surface area contributed by atoms with Crippen LogP contribution in [0.2, 0.25) is 0 Å². The number of nitrogens with zero attached hydrogens (tertiary/aromatic N) is 1. The second kappa shape index (κ2) is 6.54. The van der Waals surface area contributed by atoms with Gasteiger partial charge < -0.3 is 23.5 Å². The fourth-order valence-corrected chi connectivity index (χ4v) is 3.36. The van der Waals surface area contributed by atoms with Gasteiger partial charge in [-0.05, 0) is 31.5 Å². The minimum atomic E-state index is -0.312. The van der Waals surface area contributed by atoms with Crippen LogP contribution in [0, 0.1) is 13.8 Å². The maximum atomic E-state index is 12.2. The maximum absolute atomic E-state index is 12.2. The van der Waals surface area contributed by atoms with Crippen molar-refractivity contribution in [2.75, 3.05) is 25.9 Å². The maximum Gasteiger partial charge on any atom is 0.339 e. The first-order valence-electron chi connectivity index (χ1n) is 8.68. The van der Waals surface area contributed by atoms with Crippen LogP contribution in [-0.2, 0) is 6.54 Å². The summed E-state index contributed by atoms with van der Waals surface area (Å²) in [4.78, 5) is 14.2. The lowest BCUT2D eigenvalue weighted by Crippen LogP contribution is -2.32. The van der Waals surface area contributed by atoms with Gasteiger partial charge in [-0.15, -0.1) is 0 Å². The van der Waals surface area contributed by atoms with Gasteiger partial charge in [0.15, 0.2) is 6.73 Å². The van der Waals surface area contributed by atoms with Gasteiger partial charge in [0.1, 0.15) is 22.8 Å². The number of rotatable bonds is 3. The second-order valence-corrected chi connectivity index (χ2v) is 6.60. The molecule has 0 aliphatic carbocycles. The van der Waals surface area contributed by atoms with E-state index in [2.05, 4.69) is 0 Å². The van der Waals surface area contributed by atoms with Gasteiger partial charge in [-0.2, -0.15) is 0 Å². The minimum Gasteiger partial charge on any atom is -0.497 e. The third-order valence-corrected chi connectivity index (χ3v) is 5.11. The molecule has 1 aliphatic heterocycles. The molecule has 0 bridgehead atoms. The third-order valence-electron chi connectivity index (χ3n) is 5.11. The summed E-state index contributed by atoms with van der Waals surface area (Å²) in [6.07, 6.45) is 0. The summed E-state index contributed by atoms with van der Waals surface area (Å²) in [5, 5.41) is 0.930. The fourth-order valence-electron chi connectivity index (χ4n) is 3.36. The van der Waals surface area contributed by atoms with E-state index in [1.807, 2.05) is 42.2 Å². The Hall–Kier alpha value is -3.15. The largest absolute Gasteiger partial charge is 0.497 e. The number of ether oxygens (including phenoxy) is 3. The minimum absolute atomic E-state index is 0.312.